The van der Waals surface area contributed by atoms with Crippen molar-refractivity contribution in [3.63, 3.8) is 0 Å². The maximum absolute atomic E-state index is 13.0. The topological polar surface area (TPSA) is 106 Å². The molecule has 0 spiro atoms. The average molecular weight is 570 g/mol. The molecule has 2 rings (SSSR count). The minimum atomic E-state index is -4.13. The number of nitrogens with one attached hydrogen (secondary N) is 1. The minimum Gasteiger partial charge on any atom is -0.507 e. The second-order valence-corrected chi connectivity index (χ2v) is 10.5. The van der Waals surface area contributed by atoms with E-state index in [0.29, 0.717) is 32.1 Å². The van der Waals surface area contributed by atoms with E-state index in [0.717, 1.165) is 15.3 Å². The second kappa shape index (κ2) is 14.7. The molecule has 0 radical (unpaired) electrons. The van der Waals surface area contributed by atoms with E-state index in [1.165, 1.54) is 30.7 Å². The molecule has 0 aliphatic heterocycles. The smallest absolute Gasteiger partial charge is 0.410 e. The highest BCUT2D eigenvalue weighted by molar-refractivity contribution is 7.13. The second-order valence-electron chi connectivity index (χ2n) is 9.31. The minimum absolute atomic E-state index is 0.101. The Labute approximate surface area is 229 Å². The summed E-state index contributed by atoms with van der Waals surface area (Å²) < 4.78 is 46.7. The summed E-state index contributed by atoms with van der Waals surface area (Å²) in [6.07, 6.45) is 2.26. The monoisotopic (exact) mass is 569 g/mol. The van der Waals surface area contributed by atoms with Crippen molar-refractivity contribution in [3.05, 3.63) is 67.0 Å². The van der Waals surface area contributed by atoms with Gasteiger partial charge in [-0.05, 0) is 69.2 Å². The number of halogens is 3. The Balaban J connectivity index is 2.04. The van der Waals surface area contributed by atoms with Crippen molar-refractivity contribution in [2.24, 2.45) is 0 Å². The molecule has 2 aromatic heterocycles. The zero-order valence-electron chi connectivity index (χ0n) is 22.4. The lowest BCUT2D eigenvalue weighted by atomic mass is 9.99. The third kappa shape index (κ3) is 10.4. The largest absolute Gasteiger partial charge is 0.507 e. The number of aromatic hydroxyl groups is 1. The number of amides is 1. The van der Waals surface area contributed by atoms with Crippen LogP contribution < -0.4 is 10.9 Å². The van der Waals surface area contributed by atoms with Crippen LogP contribution in [-0.2, 0) is 11.2 Å². The van der Waals surface area contributed by atoms with Crippen molar-refractivity contribution in [2.75, 3.05) is 7.11 Å². The normalized spacial score (nSPS) is 13.1. The quantitative estimate of drug-likeness (QED) is 0.148. The molecule has 0 saturated heterocycles. The number of alkyl carbamates (subject to hydrolysis) is 1. The number of thiophene rings is 1. The molecular formula is C28H34F3NO6S. The van der Waals surface area contributed by atoms with Crippen LogP contribution in [-0.4, -0.2) is 30.3 Å². The van der Waals surface area contributed by atoms with Gasteiger partial charge in [-0.15, -0.1) is 11.3 Å². The SMILES string of the molecule is COC(=O)N/C=C/CCC(C)c1cc(O)c(C(=O)/C(C)=C/c2sc(CCCCCC(F)(F)F)cc2C)c(=O)o1. The number of unbranched alkanes of at least 4 members (excludes halogenated alkanes) is 2. The molecule has 214 valence electrons. The van der Waals surface area contributed by atoms with Crippen LogP contribution in [0.4, 0.5) is 18.0 Å². The Kier molecular flexibility index (Phi) is 12.0. The van der Waals surface area contributed by atoms with Crippen molar-refractivity contribution < 1.29 is 37.0 Å². The van der Waals surface area contributed by atoms with E-state index < -0.39 is 41.4 Å². The zero-order chi connectivity index (χ0) is 29.2. The van der Waals surface area contributed by atoms with Gasteiger partial charge in [-0.3, -0.25) is 10.1 Å². The molecule has 11 heteroatoms. The van der Waals surface area contributed by atoms with Gasteiger partial charge < -0.3 is 14.3 Å². The summed E-state index contributed by atoms with van der Waals surface area (Å²) in [6, 6.07) is 3.22. The predicted molar refractivity (Wildman–Crippen MR) is 144 cm³/mol. The number of ether oxygens (including phenoxy) is 1. The molecule has 0 fully saturated rings. The number of ketones is 1. The number of allylic oxidation sites excluding steroid dienone is 2. The number of rotatable bonds is 13. The van der Waals surface area contributed by atoms with Gasteiger partial charge in [0, 0.05) is 34.4 Å². The van der Waals surface area contributed by atoms with Gasteiger partial charge in [-0.2, -0.15) is 13.2 Å². The molecule has 0 aromatic carbocycles. The zero-order valence-corrected chi connectivity index (χ0v) is 23.3. The maximum atomic E-state index is 13.0. The molecule has 2 N–H and O–H groups in total. The van der Waals surface area contributed by atoms with E-state index in [9.17, 15) is 32.7 Å². The molecule has 0 saturated carbocycles. The number of methoxy groups -OCH3 is 1. The fourth-order valence-corrected chi connectivity index (χ4v) is 5.02. The average Bonchev–Trinajstić information content (AvgIpc) is 3.20. The van der Waals surface area contributed by atoms with Gasteiger partial charge in [-0.25, -0.2) is 9.59 Å². The van der Waals surface area contributed by atoms with Gasteiger partial charge in [0.25, 0.3) is 0 Å². The van der Waals surface area contributed by atoms with Crippen LogP contribution in [0.5, 0.6) is 5.75 Å². The Bertz CT molecular complexity index is 1260. The Morgan fingerprint density at radius 2 is 1.95 bits per heavy atom. The number of Topliss-reactive ketones (excluding diaryl/α,β-unsaturated/α-hetero) is 1. The van der Waals surface area contributed by atoms with Crippen LogP contribution in [0.15, 0.2) is 39.2 Å². The van der Waals surface area contributed by atoms with Gasteiger partial charge >= 0.3 is 17.9 Å². The van der Waals surface area contributed by atoms with Crippen molar-refractivity contribution in [1.29, 1.82) is 0 Å². The Morgan fingerprint density at radius 3 is 2.59 bits per heavy atom. The Hall–Kier alpha value is -3.34. The summed E-state index contributed by atoms with van der Waals surface area (Å²) >= 11 is 1.44. The molecule has 0 bridgehead atoms. The third-order valence-electron chi connectivity index (χ3n) is 6.03. The molecule has 0 aliphatic carbocycles. The van der Waals surface area contributed by atoms with E-state index in [1.54, 1.807) is 26.0 Å². The molecule has 7 nitrogen and oxygen atoms in total. The summed E-state index contributed by atoms with van der Waals surface area (Å²) in [6.45, 7) is 5.22. The van der Waals surface area contributed by atoms with E-state index in [-0.39, 0.29) is 23.7 Å². The van der Waals surface area contributed by atoms with Gasteiger partial charge in [0.2, 0.25) is 0 Å². The van der Waals surface area contributed by atoms with Crippen molar-refractivity contribution >= 4 is 29.3 Å². The first kappa shape index (κ1) is 31.9. The van der Waals surface area contributed by atoms with E-state index in [4.69, 9.17) is 4.42 Å². The van der Waals surface area contributed by atoms with Crippen LogP contribution in [0, 0.1) is 6.92 Å². The predicted octanol–water partition coefficient (Wildman–Crippen LogP) is 7.42. The summed E-state index contributed by atoms with van der Waals surface area (Å²) in [4.78, 5) is 38.5. The van der Waals surface area contributed by atoms with Gasteiger partial charge in [0.05, 0.1) is 7.11 Å². The number of hydrogen-bond acceptors (Lipinski definition) is 7. The fraction of sp³-hybridized carbons (Fsp3) is 0.464. The van der Waals surface area contributed by atoms with Crippen molar-refractivity contribution in [1.82, 2.24) is 5.32 Å². The molecule has 39 heavy (non-hydrogen) atoms. The summed E-state index contributed by atoms with van der Waals surface area (Å²) in [5.74, 6) is -1.12. The van der Waals surface area contributed by atoms with E-state index >= 15 is 0 Å². The first-order chi connectivity index (χ1) is 18.3. The van der Waals surface area contributed by atoms with E-state index in [1.807, 2.05) is 13.0 Å². The molecule has 0 aliphatic rings. The van der Waals surface area contributed by atoms with Gasteiger partial charge in [0.15, 0.2) is 5.78 Å². The summed E-state index contributed by atoms with van der Waals surface area (Å²) in [7, 11) is 1.25. The third-order valence-corrected chi connectivity index (χ3v) is 7.27. The lowest BCUT2D eigenvalue weighted by Gasteiger charge is -2.11. The maximum Gasteiger partial charge on any atom is 0.410 e. The lowest BCUT2D eigenvalue weighted by molar-refractivity contribution is -0.135. The van der Waals surface area contributed by atoms with Gasteiger partial charge in [-0.1, -0.05) is 19.4 Å². The lowest BCUT2D eigenvalue weighted by Crippen LogP contribution is -2.16. The molecule has 1 unspecified atom stereocenters. The van der Waals surface area contributed by atoms with Crippen molar-refractivity contribution in [3.8, 4) is 5.75 Å². The number of carbonyl (C=O) groups excluding carboxylic acids is 2. The highest BCUT2D eigenvalue weighted by Crippen LogP contribution is 2.29. The number of aryl methyl sites for hydroxylation is 2. The molecule has 2 heterocycles. The first-order valence-electron chi connectivity index (χ1n) is 12.6. The fourth-order valence-electron chi connectivity index (χ4n) is 3.80. The van der Waals surface area contributed by atoms with Gasteiger partial charge in [0.1, 0.15) is 17.1 Å². The van der Waals surface area contributed by atoms with Crippen LogP contribution >= 0.6 is 11.3 Å². The number of carbonyl (C=O) groups is 2. The number of hydrogen-bond donors (Lipinski definition) is 2. The summed E-state index contributed by atoms with van der Waals surface area (Å²) in [5, 5.41) is 12.9. The van der Waals surface area contributed by atoms with Crippen LogP contribution in [0.25, 0.3) is 6.08 Å². The van der Waals surface area contributed by atoms with Crippen molar-refractivity contribution in [2.45, 2.75) is 77.8 Å². The Morgan fingerprint density at radius 1 is 1.23 bits per heavy atom. The first-order valence-corrected chi connectivity index (χ1v) is 13.4. The molecule has 1 atom stereocenters. The van der Waals surface area contributed by atoms with Crippen LogP contribution in [0.2, 0.25) is 0 Å². The van der Waals surface area contributed by atoms with E-state index in [2.05, 4.69) is 10.1 Å². The van der Waals surface area contributed by atoms with Crippen LogP contribution in [0.1, 0.15) is 89.7 Å². The van der Waals surface area contributed by atoms with Crippen LogP contribution in [0.3, 0.4) is 0 Å². The number of alkyl halides is 3. The molecular weight excluding hydrogens is 535 g/mol. The highest BCUT2D eigenvalue weighted by atomic mass is 32.1. The standard InChI is InChI=1S/C28H34F3NO6S/c1-17(10-7-9-13-32-27(36)37-4)22-16-21(33)24(26(35)38-22)25(34)19(3)15-23-18(2)14-20(39-23)11-6-5-8-12-28(29,30)31/h9,13-17,33H,5-8,10-12H2,1-4H3,(H,32,36)/b13-9+,19-15+. The molecule has 2 aromatic rings. The molecule has 1 amide bonds. The summed E-state index contributed by atoms with van der Waals surface area (Å²) in [5.41, 5.74) is -0.224. The highest BCUT2D eigenvalue weighted by Gasteiger charge is 2.26.